The van der Waals surface area contributed by atoms with Gasteiger partial charge in [0.15, 0.2) is 0 Å². The molecule has 1 aliphatic heterocycles. The van der Waals surface area contributed by atoms with Crippen molar-refractivity contribution < 1.29 is 22.8 Å². The predicted octanol–water partition coefficient (Wildman–Crippen LogP) is 5.58. The molecule has 2 heterocycles. The molecule has 0 aliphatic carbocycles. The number of carbonyl (C=O) groups is 2. The lowest BCUT2D eigenvalue weighted by Crippen LogP contribution is -2.33. The molecule has 0 unspecified atom stereocenters. The second-order valence-corrected chi connectivity index (χ2v) is 9.64. The van der Waals surface area contributed by atoms with Crippen LogP contribution in [0, 0.1) is 0 Å². The Morgan fingerprint density at radius 3 is 2.46 bits per heavy atom. The maximum absolute atomic E-state index is 12.9. The van der Waals surface area contributed by atoms with Gasteiger partial charge in [0.2, 0.25) is 5.91 Å². The van der Waals surface area contributed by atoms with Crippen molar-refractivity contribution in [2.75, 3.05) is 25.4 Å². The Morgan fingerprint density at radius 1 is 0.971 bits per heavy atom. The number of benzene rings is 2. The van der Waals surface area contributed by atoms with Crippen molar-refractivity contribution in [3.8, 4) is 0 Å². The van der Waals surface area contributed by atoms with E-state index >= 15 is 0 Å². The summed E-state index contributed by atoms with van der Waals surface area (Å²) in [6.07, 6.45) is 1.94. The highest BCUT2D eigenvalue weighted by Gasteiger charge is 2.30. The molecule has 2 amide bonds. The number of fused-ring (bicyclic) bond motifs is 1. The van der Waals surface area contributed by atoms with E-state index in [1.807, 2.05) is 39.9 Å². The summed E-state index contributed by atoms with van der Waals surface area (Å²) >= 11 is 1.51. The quantitative estimate of drug-likeness (QED) is 0.428. The summed E-state index contributed by atoms with van der Waals surface area (Å²) in [7, 11) is 0. The van der Waals surface area contributed by atoms with E-state index in [4.69, 9.17) is 0 Å². The molecule has 0 spiro atoms. The van der Waals surface area contributed by atoms with Crippen LogP contribution < -0.4 is 5.32 Å². The molecule has 3 aromatic rings. The number of likely N-dealkylation sites (tertiary alicyclic amines) is 1. The Bertz CT molecular complexity index is 1180. The van der Waals surface area contributed by atoms with Crippen LogP contribution in [0.1, 0.15) is 41.6 Å². The van der Waals surface area contributed by atoms with E-state index in [9.17, 15) is 22.8 Å². The van der Waals surface area contributed by atoms with Crippen LogP contribution in [0.3, 0.4) is 0 Å². The second-order valence-electron chi connectivity index (χ2n) is 8.62. The van der Waals surface area contributed by atoms with Crippen LogP contribution in [0.5, 0.6) is 0 Å². The molecule has 1 saturated heterocycles. The van der Waals surface area contributed by atoms with Crippen LogP contribution in [-0.4, -0.2) is 46.7 Å². The van der Waals surface area contributed by atoms with Crippen molar-refractivity contribution in [2.24, 2.45) is 0 Å². The lowest BCUT2D eigenvalue weighted by molar-refractivity contribution is -0.137. The fraction of sp³-hybridized carbons (Fsp3) is 0.385. The number of hydrogen-bond donors (Lipinski definition) is 1. The maximum Gasteiger partial charge on any atom is 0.416 e. The molecule has 1 N–H and O–H groups in total. The van der Waals surface area contributed by atoms with Crippen molar-refractivity contribution in [1.29, 1.82) is 0 Å². The van der Waals surface area contributed by atoms with Crippen molar-refractivity contribution in [3.63, 3.8) is 0 Å². The number of nitrogens with one attached hydrogen (secondary N) is 1. The van der Waals surface area contributed by atoms with Gasteiger partial charge in [0, 0.05) is 53.7 Å². The zero-order chi connectivity index (χ0) is 24.8. The van der Waals surface area contributed by atoms with Crippen molar-refractivity contribution in [2.45, 2.75) is 43.3 Å². The lowest BCUT2D eigenvalue weighted by Gasteiger charge is -2.19. The highest BCUT2D eigenvalue weighted by molar-refractivity contribution is 8.00. The third-order valence-corrected chi connectivity index (χ3v) is 7.18. The number of alkyl halides is 3. The monoisotopic (exact) mass is 503 g/mol. The number of nitrogens with zero attached hydrogens (tertiary/aromatic N) is 2. The first kappa shape index (κ1) is 25.2. The minimum atomic E-state index is -4.50. The fourth-order valence-corrected chi connectivity index (χ4v) is 5.28. The highest BCUT2D eigenvalue weighted by atomic mass is 32.2. The Labute approximate surface area is 206 Å². The lowest BCUT2D eigenvalue weighted by atomic mass is 10.1. The molecule has 5 nitrogen and oxygen atoms in total. The first-order chi connectivity index (χ1) is 16.8. The van der Waals surface area contributed by atoms with E-state index in [2.05, 4.69) is 5.32 Å². The molecular weight excluding hydrogens is 475 g/mol. The molecule has 1 fully saturated rings. The minimum Gasteiger partial charge on any atom is -0.350 e. The van der Waals surface area contributed by atoms with Crippen LogP contribution in [0.4, 0.5) is 13.2 Å². The van der Waals surface area contributed by atoms with E-state index in [0.29, 0.717) is 12.3 Å². The number of aromatic nitrogens is 1. The molecule has 2 aromatic carbocycles. The summed E-state index contributed by atoms with van der Waals surface area (Å²) in [5.41, 5.74) is 0.101. The molecule has 4 rings (SSSR count). The molecular formula is C26H28F3N3O2S. The molecule has 1 aromatic heterocycles. The Kier molecular flexibility index (Phi) is 8.05. The normalized spacial score (nSPS) is 14.7. The van der Waals surface area contributed by atoms with Gasteiger partial charge in [0.1, 0.15) is 0 Å². The number of hydrogen-bond acceptors (Lipinski definition) is 3. The summed E-state index contributed by atoms with van der Waals surface area (Å²) in [6.45, 7) is 2.36. The minimum absolute atomic E-state index is 0.0274. The number of halogens is 3. The van der Waals surface area contributed by atoms with Gasteiger partial charge in [-0.2, -0.15) is 13.2 Å². The van der Waals surface area contributed by atoms with E-state index < -0.39 is 17.6 Å². The molecule has 35 heavy (non-hydrogen) atoms. The smallest absolute Gasteiger partial charge is 0.350 e. The van der Waals surface area contributed by atoms with Crippen molar-refractivity contribution >= 4 is 34.5 Å². The van der Waals surface area contributed by atoms with Gasteiger partial charge in [-0.1, -0.05) is 37.1 Å². The first-order valence-corrected chi connectivity index (χ1v) is 12.8. The molecule has 0 bridgehead atoms. The van der Waals surface area contributed by atoms with Gasteiger partial charge in [-0.15, -0.1) is 11.8 Å². The summed E-state index contributed by atoms with van der Waals surface area (Å²) in [5.74, 6) is -0.0207. The van der Waals surface area contributed by atoms with Gasteiger partial charge in [0.25, 0.3) is 5.91 Å². The highest BCUT2D eigenvalue weighted by Crippen LogP contribution is 2.31. The van der Waals surface area contributed by atoms with Gasteiger partial charge >= 0.3 is 6.18 Å². The average molecular weight is 504 g/mol. The van der Waals surface area contributed by atoms with E-state index in [1.54, 1.807) is 0 Å². The number of carbonyl (C=O) groups excluding carboxylic acids is 2. The third-order valence-electron chi connectivity index (χ3n) is 6.15. The molecule has 0 atom stereocenters. The molecule has 186 valence electrons. The van der Waals surface area contributed by atoms with Crippen LogP contribution >= 0.6 is 11.8 Å². The van der Waals surface area contributed by atoms with Gasteiger partial charge in [0.05, 0.1) is 11.3 Å². The van der Waals surface area contributed by atoms with E-state index in [-0.39, 0.29) is 18.0 Å². The number of thioether (sulfide) groups is 1. The average Bonchev–Trinajstić information content (AvgIpc) is 3.00. The summed E-state index contributed by atoms with van der Waals surface area (Å²) in [4.78, 5) is 28.1. The molecule has 0 radical (unpaired) electrons. The van der Waals surface area contributed by atoms with Gasteiger partial charge < -0.3 is 14.8 Å². The van der Waals surface area contributed by atoms with Gasteiger partial charge in [-0.25, -0.2) is 0 Å². The zero-order valence-electron chi connectivity index (χ0n) is 19.3. The summed E-state index contributed by atoms with van der Waals surface area (Å²) in [6, 6.07) is 12.3. The third kappa shape index (κ3) is 6.39. The van der Waals surface area contributed by atoms with Crippen molar-refractivity contribution in [1.82, 2.24) is 14.8 Å². The van der Waals surface area contributed by atoms with Crippen molar-refractivity contribution in [3.05, 3.63) is 65.9 Å². The fourth-order valence-electron chi connectivity index (χ4n) is 4.29. The molecule has 1 aliphatic rings. The molecule has 9 heteroatoms. The van der Waals surface area contributed by atoms with Crippen LogP contribution in [0.15, 0.2) is 59.6 Å². The van der Waals surface area contributed by atoms with Crippen LogP contribution in [-0.2, 0) is 17.5 Å². The maximum atomic E-state index is 12.9. The van der Waals surface area contributed by atoms with Gasteiger partial charge in [-0.3, -0.25) is 9.59 Å². The van der Waals surface area contributed by atoms with Gasteiger partial charge in [-0.05, 0) is 37.1 Å². The SMILES string of the molecule is O=C(NCCn1cc(SCC(=O)N2CCCCCC2)c2ccccc21)c1cccc(C(F)(F)F)c1. The van der Waals surface area contributed by atoms with E-state index in [0.717, 1.165) is 53.9 Å². The first-order valence-electron chi connectivity index (χ1n) is 11.8. The summed E-state index contributed by atoms with van der Waals surface area (Å²) < 4.78 is 40.8. The standard InChI is InChI=1S/C26H28F3N3O2S/c27-26(28,29)20-9-7-8-19(16-20)25(34)30-12-15-32-17-23(21-10-3-4-11-22(21)32)35-18-24(33)31-13-5-1-2-6-14-31/h3-4,7-11,16-17H,1-2,5-6,12-15,18H2,(H,30,34). The molecule has 0 saturated carbocycles. The Hall–Kier alpha value is -2.94. The van der Waals surface area contributed by atoms with E-state index in [1.165, 1.54) is 36.7 Å². The largest absolute Gasteiger partial charge is 0.416 e. The number of rotatable bonds is 7. The second kappa shape index (κ2) is 11.2. The van der Waals surface area contributed by atoms with Crippen LogP contribution in [0.25, 0.3) is 10.9 Å². The number of para-hydroxylation sites is 1. The number of amides is 2. The summed E-state index contributed by atoms with van der Waals surface area (Å²) in [5, 5.41) is 3.74. The topological polar surface area (TPSA) is 54.3 Å². The predicted molar refractivity (Wildman–Crippen MR) is 131 cm³/mol. The zero-order valence-corrected chi connectivity index (χ0v) is 20.1. The Balaban J connectivity index is 1.38. The van der Waals surface area contributed by atoms with Crippen LogP contribution in [0.2, 0.25) is 0 Å². The Morgan fingerprint density at radius 2 is 1.71 bits per heavy atom.